The molecule has 0 aliphatic rings. The summed E-state index contributed by atoms with van der Waals surface area (Å²) in [6.45, 7) is 1.88. The van der Waals surface area contributed by atoms with Gasteiger partial charge in [0, 0.05) is 15.4 Å². The van der Waals surface area contributed by atoms with E-state index in [1.54, 1.807) is 6.07 Å². The summed E-state index contributed by atoms with van der Waals surface area (Å²) in [6, 6.07) is 12.9. The van der Waals surface area contributed by atoms with Crippen LogP contribution in [0.1, 0.15) is 21.5 Å². The summed E-state index contributed by atoms with van der Waals surface area (Å²) in [7, 11) is 0. The molecule has 0 radical (unpaired) electrons. The van der Waals surface area contributed by atoms with E-state index in [2.05, 4.69) is 15.9 Å². The maximum atomic E-state index is 13.8. The lowest BCUT2D eigenvalue weighted by Gasteiger charge is -2.12. The molecule has 0 aromatic heterocycles. The highest BCUT2D eigenvalue weighted by atomic mass is 79.9. The third-order valence-corrected chi connectivity index (χ3v) is 3.85. The molecule has 0 amide bonds. The summed E-state index contributed by atoms with van der Waals surface area (Å²) in [6.07, 6.45) is 0.709. The van der Waals surface area contributed by atoms with Crippen molar-refractivity contribution in [3.8, 4) is 0 Å². The Labute approximate surface area is 120 Å². The molecule has 0 heterocycles. The van der Waals surface area contributed by atoms with Crippen LogP contribution in [0.3, 0.4) is 0 Å². The third-order valence-electron chi connectivity index (χ3n) is 2.80. The summed E-state index contributed by atoms with van der Waals surface area (Å²) in [4.78, 5) is -0.0448. The zero-order valence-electron chi connectivity index (χ0n) is 9.96. The van der Waals surface area contributed by atoms with Gasteiger partial charge in [0.1, 0.15) is 5.82 Å². The molecule has 2 aromatic carbocycles. The standard InChI is InChI=1S/C15H13BrClF/c1-10-5-6-13(15(18)7-10)14(16)9-11-3-2-4-12(17)8-11/h2-8,14H,9H2,1H3. The Kier molecular flexibility index (Phi) is 4.41. The highest BCUT2D eigenvalue weighted by Gasteiger charge is 2.13. The van der Waals surface area contributed by atoms with Gasteiger partial charge >= 0.3 is 0 Å². The Morgan fingerprint density at radius 3 is 2.67 bits per heavy atom. The number of hydrogen-bond acceptors (Lipinski definition) is 0. The predicted molar refractivity (Wildman–Crippen MR) is 78.0 cm³/mol. The summed E-state index contributed by atoms with van der Waals surface area (Å²) < 4.78 is 13.8. The minimum absolute atomic E-state index is 0.0448. The van der Waals surface area contributed by atoms with Crippen LogP contribution in [0.5, 0.6) is 0 Å². The number of halogens is 3. The second-order valence-electron chi connectivity index (χ2n) is 4.33. The first-order valence-electron chi connectivity index (χ1n) is 5.71. The normalized spacial score (nSPS) is 12.4. The number of aryl methyl sites for hydroxylation is 1. The van der Waals surface area contributed by atoms with Crippen LogP contribution in [-0.2, 0) is 6.42 Å². The lowest BCUT2D eigenvalue weighted by Crippen LogP contribution is -1.99. The quantitative estimate of drug-likeness (QED) is 0.656. The Bertz CT molecular complexity index is 554. The van der Waals surface area contributed by atoms with Crippen LogP contribution in [0.25, 0.3) is 0 Å². The zero-order valence-corrected chi connectivity index (χ0v) is 12.3. The summed E-state index contributed by atoms with van der Waals surface area (Å²) in [5.41, 5.74) is 2.70. The molecular formula is C15H13BrClF. The zero-order chi connectivity index (χ0) is 13.1. The number of alkyl halides is 1. The van der Waals surface area contributed by atoms with E-state index in [0.29, 0.717) is 17.0 Å². The van der Waals surface area contributed by atoms with E-state index < -0.39 is 0 Å². The maximum absolute atomic E-state index is 13.8. The van der Waals surface area contributed by atoms with Gasteiger partial charge in [-0.1, -0.05) is 51.8 Å². The molecule has 2 rings (SSSR count). The molecule has 3 heteroatoms. The van der Waals surface area contributed by atoms with Crippen molar-refractivity contribution in [1.29, 1.82) is 0 Å². The van der Waals surface area contributed by atoms with Crippen LogP contribution < -0.4 is 0 Å². The van der Waals surface area contributed by atoms with Crippen molar-refractivity contribution in [2.24, 2.45) is 0 Å². The molecule has 0 aliphatic heterocycles. The molecule has 2 aromatic rings. The van der Waals surface area contributed by atoms with Gasteiger partial charge in [-0.25, -0.2) is 4.39 Å². The van der Waals surface area contributed by atoms with E-state index in [1.165, 1.54) is 0 Å². The largest absolute Gasteiger partial charge is 0.207 e. The maximum Gasteiger partial charge on any atom is 0.127 e. The number of hydrogen-bond donors (Lipinski definition) is 0. The first kappa shape index (κ1) is 13.6. The Balaban J connectivity index is 2.19. The molecule has 0 spiro atoms. The van der Waals surface area contributed by atoms with Crippen molar-refractivity contribution in [2.45, 2.75) is 18.2 Å². The minimum atomic E-state index is -0.168. The molecule has 1 unspecified atom stereocenters. The molecular weight excluding hydrogens is 315 g/mol. The average molecular weight is 328 g/mol. The van der Waals surface area contributed by atoms with Gasteiger partial charge in [-0.2, -0.15) is 0 Å². The molecule has 0 fully saturated rings. The molecule has 0 nitrogen and oxygen atoms in total. The van der Waals surface area contributed by atoms with E-state index in [-0.39, 0.29) is 10.6 Å². The van der Waals surface area contributed by atoms with Crippen LogP contribution in [0.2, 0.25) is 5.02 Å². The molecule has 1 atom stereocenters. The second-order valence-corrected chi connectivity index (χ2v) is 5.87. The lowest BCUT2D eigenvalue weighted by molar-refractivity contribution is 0.607. The van der Waals surface area contributed by atoms with Gasteiger partial charge in [-0.05, 0) is 42.7 Å². The fraction of sp³-hybridized carbons (Fsp3) is 0.200. The minimum Gasteiger partial charge on any atom is -0.207 e. The molecule has 18 heavy (non-hydrogen) atoms. The van der Waals surface area contributed by atoms with E-state index in [9.17, 15) is 4.39 Å². The smallest absolute Gasteiger partial charge is 0.127 e. The third kappa shape index (κ3) is 3.33. The summed E-state index contributed by atoms with van der Waals surface area (Å²) >= 11 is 9.48. The molecule has 0 aliphatic carbocycles. The highest BCUT2D eigenvalue weighted by Crippen LogP contribution is 2.30. The Hall–Kier alpha value is -0.860. The average Bonchev–Trinajstić information content (AvgIpc) is 2.28. The van der Waals surface area contributed by atoms with Gasteiger partial charge in [-0.3, -0.25) is 0 Å². The van der Waals surface area contributed by atoms with Crippen molar-refractivity contribution in [3.05, 3.63) is 70.0 Å². The van der Waals surface area contributed by atoms with Crippen molar-refractivity contribution >= 4 is 27.5 Å². The first-order valence-corrected chi connectivity index (χ1v) is 7.00. The fourth-order valence-corrected chi connectivity index (χ4v) is 2.83. The van der Waals surface area contributed by atoms with Gasteiger partial charge in [0.25, 0.3) is 0 Å². The van der Waals surface area contributed by atoms with Crippen LogP contribution in [0, 0.1) is 12.7 Å². The molecule has 0 saturated carbocycles. The van der Waals surface area contributed by atoms with Crippen molar-refractivity contribution in [2.75, 3.05) is 0 Å². The van der Waals surface area contributed by atoms with Gasteiger partial charge in [0.05, 0.1) is 0 Å². The van der Waals surface area contributed by atoms with E-state index in [0.717, 1.165) is 11.1 Å². The molecule has 0 bridgehead atoms. The Morgan fingerprint density at radius 2 is 2.00 bits per heavy atom. The van der Waals surface area contributed by atoms with Crippen LogP contribution in [0.15, 0.2) is 42.5 Å². The van der Waals surface area contributed by atoms with E-state index >= 15 is 0 Å². The number of rotatable bonds is 3. The fourth-order valence-electron chi connectivity index (χ4n) is 1.87. The topological polar surface area (TPSA) is 0 Å². The molecule has 94 valence electrons. The number of benzene rings is 2. The summed E-state index contributed by atoms with van der Waals surface area (Å²) in [5, 5.41) is 0.705. The van der Waals surface area contributed by atoms with Crippen molar-refractivity contribution < 1.29 is 4.39 Å². The predicted octanol–water partition coefficient (Wildman–Crippen LogP) is 5.47. The van der Waals surface area contributed by atoms with Gasteiger partial charge in [0.15, 0.2) is 0 Å². The van der Waals surface area contributed by atoms with E-state index in [4.69, 9.17) is 11.6 Å². The van der Waals surface area contributed by atoms with Crippen LogP contribution in [0.4, 0.5) is 4.39 Å². The van der Waals surface area contributed by atoms with Crippen LogP contribution in [-0.4, -0.2) is 0 Å². The summed E-state index contributed by atoms with van der Waals surface area (Å²) in [5.74, 6) is -0.168. The van der Waals surface area contributed by atoms with Gasteiger partial charge in [-0.15, -0.1) is 0 Å². The van der Waals surface area contributed by atoms with E-state index in [1.807, 2.05) is 43.3 Å². The van der Waals surface area contributed by atoms with Crippen molar-refractivity contribution in [1.82, 2.24) is 0 Å². The lowest BCUT2D eigenvalue weighted by atomic mass is 10.0. The second kappa shape index (κ2) is 5.85. The van der Waals surface area contributed by atoms with Crippen LogP contribution >= 0.6 is 27.5 Å². The first-order chi connectivity index (χ1) is 8.56. The van der Waals surface area contributed by atoms with Crippen molar-refractivity contribution in [3.63, 3.8) is 0 Å². The Morgan fingerprint density at radius 1 is 1.22 bits per heavy atom. The van der Waals surface area contributed by atoms with Gasteiger partial charge < -0.3 is 0 Å². The SMILES string of the molecule is Cc1ccc(C(Br)Cc2cccc(Cl)c2)c(F)c1. The molecule has 0 N–H and O–H groups in total. The highest BCUT2D eigenvalue weighted by molar-refractivity contribution is 9.09. The monoisotopic (exact) mass is 326 g/mol. The molecule has 0 saturated heterocycles. The van der Waals surface area contributed by atoms with Gasteiger partial charge in [0.2, 0.25) is 0 Å².